The highest BCUT2D eigenvalue weighted by atomic mass is 32.2. The van der Waals surface area contributed by atoms with Gasteiger partial charge in [0.1, 0.15) is 11.6 Å². The summed E-state index contributed by atoms with van der Waals surface area (Å²) >= 11 is 0. The Morgan fingerprint density at radius 3 is 2.62 bits per heavy atom. The first kappa shape index (κ1) is 17.6. The van der Waals surface area contributed by atoms with Crippen LogP contribution in [-0.2, 0) is 15.6 Å². The van der Waals surface area contributed by atoms with Gasteiger partial charge in [-0.3, -0.25) is 0 Å². The number of benzene rings is 2. The molecular weight excluding hydrogens is 335 g/mol. The summed E-state index contributed by atoms with van der Waals surface area (Å²) in [5.41, 5.74) is 14.2. The number of nitrogens with two attached hydrogens (primary N) is 1. The van der Waals surface area contributed by atoms with Gasteiger partial charge in [0.15, 0.2) is 9.84 Å². The number of nitrogen functional groups attached to an aromatic ring is 1. The molecule has 0 aliphatic carbocycles. The van der Waals surface area contributed by atoms with Crippen LogP contribution >= 0.6 is 0 Å². The van der Waals surface area contributed by atoms with Gasteiger partial charge in [0.05, 0.1) is 29.5 Å². The van der Waals surface area contributed by atoms with E-state index in [-0.39, 0.29) is 35.0 Å². The second-order valence-electron chi connectivity index (χ2n) is 4.85. The molecule has 0 heterocycles. The van der Waals surface area contributed by atoms with Crippen LogP contribution in [-0.4, -0.2) is 21.6 Å². The smallest absolute Gasteiger partial charge is 0.182 e. The first-order chi connectivity index (χ1) is 11.4. The molecular formula is C15H15FN4O3S. The Labute approximate surface area is 138 Å². The lowest BCUT2D eigenvalue weighted by atomic mass is 10.2. The van der Waals surface area contributed by atoms with Gasteiger partial charge in [0, 0.05) is 11.0 Å². The van der Waals surface area contributed by atoms with E-state index >= 15 is 0 Å². The predicted octanol–water partition coefficient (Wildman–Crippen LogP) is 3.07. The molecule has 0 aromatic heterocycles. The van der Waals surface area contributed by atoms with Crippen LogP contribution in [0, 0.1) is 5.82 Å². The molecule has 0 saturated heterocycles. The van der Waals surface area contributed by atoms with E-state index in [2.05, 4.69) is 10.0 Å². The molecule has 0 atom stereocenters. The number of azide groups is 1. The van der Waals surface area contributed by atoms with Gasteiger partial charge in [-0.2, -0.15) is 0 Å². The molecule has 0 amide bonds. The zero-order valence-corrected chi connectivity index (χ0v) is 13.4. The van der Waals surface area contributed by atoms with Gasteiger partial charge in [0.2, 0.25) is 0 Å². The van der Waals surface area contributed by atoms with Gasteiger partial charge in [-0.25, -0.2) is 12.8 Å². The third kappa shape index (κ3) is 4.37. The quantitative estimate of drug-likeness (QED) is 0.271. The van der Waals surface area contributed by atoms with E-state index in [9.17, 15) is 12.8 Å². The Bertz CT molecular complexity index is 866. The molecule has 0 aliphatic heterocycles. The van der Waals surface area contributed by atoms with Crippen molar-refractivity contribution in [3.63, 3.8) is 0 Å². The van der Waals surface area contributed by atoms with Gasteiger partial charge in [-0.15, -0.1) is 0 Å². The summed E-state index contributed by atoms with van der Waals surface area (Å²) in [4.78, 5) is 2.69. The minimum atomic E-state index is -3.67. The highest BCUT2D eigenvalue weighted by Gasteiger charge is 2.19. The summed E-state index contributed by atoms with van der Waals surface area (Å²) in [5, 5.41) is 3.29. The van der Waals surface area contributed by atoms with Crippen molar-refractivity contribution in [1.82, 2.24) is 0 Å². The minimum absolute atomic E-state index is 0.00257. The Kier molecular flexibility index (Phi) is 5.62. The third-order valence-corrected chi connectivity index (χ3v) is 4.83. The molecule has 0 bridgehead atoms. The monoisotopic (exact) mass is 350 g/mol. The fourth-order valence-corrected chi connectivity index (χ4v) is 3.43. The van der Waals surface area contributed by atoms with Crippen molar-refractivity contribution in [1.29, 1.82) is 0 Å². The summed E-state index contributed by atoms with van der Waals surface area (Å²) in [5.74, 6) is -1.10. The topological polar surface area (TPSA) is 118 Å². The Morgan fingerprint density at radius 1 is 1.25 bits per heavy atom. The van der Waals surface area contributed by atoms with E-state index in [0.29, 0.717) is 0 Å². The predicted molar refractivity (Wildman–Crippen MR) is 87.7 cm³/mol. The molecule has 0 radical (unpaired) electrons. The second-order valence-corrected chi connectivity index (χ2v) is 6.84. The lowest BCUT2D eigenvalue weighted by Gasteiger charge is -2.13. The number of nitrogens with zero attached hydrogens (tertiary/aromatic N) is 3. The summed E-state index contributed by atoms with van der Waals surface area (Å²) in [7, 11) is -3.67. The normalized spacial score (nSPS) is 10.9. The van der Waals surface area contributed by atoms with E-state index < -0.39 is 21.4 Å². The Morgan fingerprint density at radius 2 is 1.96 bits per heavy atom. The fourth-order valence-electron chi connectivity index (χ4n) is 2.04. The highest BCUT2D eigenvalue weighted by Crippen LogP contribution is 2.30. The van der Waals surface area contributed by atoms with Crippen molar-refractivity contribution in [3.05, 3.63) is 64.3 Å². The average molecular weight is 350 g/mol. The van der Waals surface area contributed by atoms with Crippen LogP contribution < -0.4 is 10.5 Å². The van der Waals surface area contributed by atoms with Crippen LogP contribution in [0.1, 0.15) is 5.56 Å². The summed E-state index contributed by atoms with van der Waals surface area (Å²) < 4.78 is 43.8. The van der Waals surface area contributed by atoms with Gasteiger partial charge in [-0.1, -0.05) is 23.3 Å². The van der Waals surface area contributed by atoms with Crippen molar-refractivity contribution in [3.8, 4) is 5.75 Å². The number of rotatable bonds is 7. The first-order valence-corrected chi connectivity index (χ1v) is 8.58. The van der Waals surface area contributed by atoms with Gasteiger partial charge in [0.25, 0.3) is 0 Å². The maximum Gasteiger partial charge on any atom is 0.182 e. The van der Waals surface area contributed by atoms with Gasteiger partial charge < -0.3 is 10.5 Å². The third-order valence-electron chi connectivity index (χ3n) is 3.15. The van der Waals surface area contributed by atoms with E-state index in [1.165, 1.54) is 12.1 Å². The zero-order chi connectivity index (χ0) is 17.6. The maximum absolute atomic E-state index is 13.7. The molecule has 2 N–H and O–H groups in total. The lowest BCUT2D eigenvalue weighted by molar-refractivity contribution is 0.328. The number of halogens is 1. The van der Waals surface area contributed by atoms with Gasteiger partial charge in [-0.05, 0) is 29.3 Å². The van der Waals surface area contributed by atoms with Crippen LogP contribution in [0.25, 0.3) is 10.4 Å². The number of sulfone groups is 1. The molecule has 0 fully saturated rings. The standard InChI is InChI=1S/C15H15FN4O3S/c16-12-8-11(10-24(21,22)13-4-2-1-3-5-13)15(17)14(9-12)23-7-6-19-20-18/h1-5,8-9H,6-7,10,17H2. The fraction of sp³-hybridized carbons (Fsp3) is 0.200. The summed E-state index contributed by atoms with van der Waals surface area (Å²) in [6, 6.07) is 9.95. The summed E-state index contributed by atoms with van der Waals surface area (Å²) in [6.07, 6.45) is 0. The van der Waals surface area contributed by atoms with E-state index in [4.69, 9.17) is 16.0 Å². The van der Waals surface area contributed by atoms with Crippen molar-refractivity contribution in [2.45, 2.75) is 10.6 Å². The molecule has 24 heavy (non-hydrogen) atoms. The number of ether oxygens (including phenoxy) is 1. The van der Waals surface area contributed by atoms with Gasteiger partial charge >= 0.3 is 0 Å². The molecule has 2 rings (SSSR count). The molecule has 0 aliphatic rings. The summed E-state index contributed by atoms with van der Waals surface area (Å²) in [6.45, 7) is 0.0483. The van der Waals surface area contributed by atoms with Crippen LogP contribution in [0.3, 0.4) is 0 Å². The van der Waals surface area contributed by atoms with Crippen LogP contribution in [0.5, 0.6) is 5.75 Å². The molecule has 0 unspecified atom stereocenters. The SMILES string of the molecule is [N-]=[N+]=NCCOc1cc(F)cc(CS(=O)(=O)c2ccccc2)c1N. The van der Waals surface area contributed by atoms with Crippen LogP contribution in [0.2, 0.25) is 0 Å². The largest absolute Gasteiger partial charge is 0.491 e. The van der Waals surface area contributed by atoms with Crippen LogP contribution in [0.15, 0.2) is 52.5 Å². The first-order valence-electron chi connectivity index (χ1n) is 6.93. The lowest BCUT2D eigenvalue weighted by Crippen LogP contribution is -2.10. The maximum atomic E-state index is 13.7. The number of anilines is 1. The molecule has 9 heteroatoms. The second kappa shape index (κ2) is 7.67. The van der Waals surface area contributed by atoms with Crippen molar-refractivity contribution in [2.24, 2.45) is 5.11 Å². The van der Waals surface area contributed by atoms with Crippen molar-refractivity contribution < 1.29 is 17.5 Å². The van der Waals surface area contributed by atoms with Crippen LogP contribution in [0.4, 0.5) is 10.1 Å². The molecule has 2 aromatic carbocycles. The number of hydrogen-bond donors (Lipinski definition) is 1. The minimum Gasteiger partial charge on any atom is -0.491 e. The number of hydrogen-bond acceptors (Lipinski definition) is 5. The van der Waals surface area contributed by atoms with E-state index in [1.807, 2.05) is 0 Å². The van der Waals surface area contributed by atoms with Crippen molar-refractivity contribution >= 4 is 15.5 Å². The highest BCUT2D eigenvalue weighted by molar-refractivity contribution is 7.90. The molecule has 2 aromatic rings. The van der Waals surface area contributed by atoms with E-state index in [1.54, 1.807) is 18.2 Å². The Balaban J connectivity index is 2.27. The molecule has 0 spiro atoms. The molecule has 7 nitrogen and oxygen atoms in total. The van der Waals surface area contributed by atoms with Crippen molar-refractivity contribution in [2.75, 3.05) is 18.9 Å². The zero-order valence-electron chi connectivity index (χ0n) is 12.6. The Hall–Kier alpha value is -2.77. The van der Waals surface area contributed by atoms with E-state index in [0.717, 1.165) is 12.1 Å². The molecule has 126 valence electrons. The molecule has 0 saturated carbocycles. The average Bonchev–Trinajstić information content (AvgIpc) is 2.56.